The number of esters is 2. The molecule has 2 aromatic carbocycles. The molecule has 2 N–H and O–H groups in total. The molecule has 6 heteroatoms. The van der Waals surface area contributed by atoms with E-state index in [1.165, 1.54) is 12.1 Å². The fraction of sp³-hybridized carbons (Fsp3) is 0.548. The fourth-order valence-corrected chi connectivity index (χ4v) is 5.04. The van der Waals surface area contributed by atoms with Gasteiger partial charge in [0.05, 0.1) is 0 Å². The summed E-state index contributed by atoms with van der Waals surface area (Å²) in [4.78, 5) is 24.0. The Morgan fingerprint density at radius 3 is 2.00 bits per heavy atom. The van der Waals surface area contributed by atoms with Crippen LogP contribution in [0.3, 0.4) is 0 Å². The van der Waals surface area contributed by atoms with Crippen LogP contribution in [0.15, 0.2) is 48.5 Å². The van der Waals surface area contributed by atoms with Crippen molar-refractivity contribution in [1.82, 2.24) is 0 Å². The molecule has 0 aromatic heterocycles. The Morgan fingerprint density at radius 2 is 1.49 bits per heavy atom. The summed E-state index contributed by atoms with van der Waals surface area (Å²) in [5, 5.41) is 19.2. The van der Waals surface area contributed by atoms with Crippen LogP contribution in [0.2, 0.25) is 0 Å². The average molecular weight is 513 g/mol. The molecule has 3 rings (SSSR count). The fourth-order valence-electron chi connectivity index (χ4n) is 5.04. The number of para-hydroxylation sites is 2. The van der Waals surface area contributed by atoms with E-state index in [0.29, 0.717) is 5.92 Å². The van der Waals surface area contributed by atoms with Gasteiger partial charge in [0.15, 0.2) is 0 Å². The minimum atomic E-state index is -0.434. The number of benzene rings is 2. The van der Waals surface area contributed by atoms with Crippen LogP contribution in [0.4, 0.5) is 0 Å². The topological polar surface area (TPSA) is 93.1 Å². The number of aromatic hydroxyl groups is 2. The second-order valence-electron chi connectivity index (χ2n) is 10.9. The quantitative estimate of drug-likeness (QED) is 0.264. The highest BCUT2D eigenvalue weighted by Crippen LogP contribution is 2.40. The zero-order valence-electron chi connectivity index (χ0n) is 23.0. The summed E-state index contributed by atoms with van der Waals surface area (Å²) in [6.45, 7) is 10.8. The molecule has 3 atom stereocenters. The van der Waals surface area contributed by atoms with Crippen molar-refractivity contribution in [1.29, 1.82) is 0 Å². The van der Waals surface area contributed by atoms with Crippen LogP contribution in [-0.2, 0) is 9.47 Å². The second kappa shape index (κ2) is 14.7. The molecule has 0 aliphatic heterocycles. The standard InChI is InChI=1S/C16H22O3.C15H22O3/c1-11-8-12(10-16(2,3)9-11)19-15(18)13-6-4-5-7-14(13)17;1-3-5-6-9-12(4-2)18-15(17)13-10-7-8-11-14(13)16/h4-7,11-12,17H,8-10H2,1-3H3;7-8,10-12,16H,3-6,9H2,1-2H3. The first-order valence-electron chi connectivity index (χ1n) is 13.5. The van der Waals surface area contributed by atoms with E-state index in [0.717, 1.165) is 51.4 Å². The van der Waals surface area contributed by atoms with Gasteiger partial charge in [0, 0.05) is 0 Å². The predicted octanol–water partition coefficient (Wildman–Crippen LogP) is 7.67. The van der Waals surface area contributed by atoms with Gasteiger partial charge in [-0.05, 0) is 74.1 Å². The lowest BCUT2D eigenvalue weighted by Crippen LogP contribution is -2.34. The molecule has 1 aliphatic rings. The number of hydrogen-bond donors (Lipinski definition) is 2. The Hall–Kier alpha value is -3.02. The lowest BCUT2D eigenvalue weighted by atomic mass is 9.71. The summed E-state index contributed by atoms with van der Waals surface area (Å²) in [5.74, 6) is -0.336. The Balaban J connectivity index is 0.000000261. The molecule has 0 spiro atoms. The number of phenolic OH excluding ortho intramolecular Hbond substituents is 2. The molecule has 0 heterocycles. The largest absolute Gasteiger partial charge is 0.507 e. The van der Waals surface area contributed by atoms with Crippen LogP contribution in [0.25, 0.3) is 0 Å². The first-order valence-corrected chi connectivity index (χ1v) is 13.5. The zero-order chi connectivity index (χ0) is 27.4. The molecule has 37 heavy (non-hydrogen) atoms. The van der Waals surface area contributed by atoms with Crippen LogP contribution in [0.1, 0.15) is 107 Å². The van der Waals surface area contributed by atoms with E-state index in [2.05, 4.69) is 27.7 Å². The van der Waals surface area contributed by atoms with Crippen molar-refractivity contribution in [3.8, 4) is 11.5 Å². The summed E-state index contributed by atoms with van der Waals surface area (Å²) < 4.78 is 11.0. The normalized spacial score (nSPS) is 19.2. The van der Waals surface area contributed by atoms with Gasteiger partial charge in [-0.15, -0.1) is 0 Å². The summed E-state index contributed by atoms with van der Waals surface area (Å²) in [6, 6.07) is 13.0. The molecule has 204 valence electrons. The van der Waals surface area contributed by atoms with Gasteiger partial charge < -0.3 is 19.7 Å². The van der Waals surface area contributed by atoms with Crippen molar-refractivity contribution in [3.05, 3.63) is 59.7 Å². The number of rotatable bonds is 9. The minimum absolute atomic E-state index is 0.0179. The minimum Gasteiger partial charge on any atom is -0.507 e. The molecule has 0 radical (unpaired) electrons. The van der Waals surface area contributed by atoms with Crippen LogP contribution in [-0.4, -0.2) is 34.4 Å². The molecule has 0 amide bonds. The van der Waals surface area contributed by atoms with Gasteiger partial charge in [-0.25, -0.2) is 9.59 Å². The van der Waals surface area contributed by atoms with E-state index in [1.54, 1.807) is 36.4 Å². The van der Waals surface area contributed by atoms with Crippen molar-refractivity contribution >= 4 is 11.9 Å². The summed E-state index contributed by atoms with van der Waals surface area (Å²) >= 11 is 0. The van der Waals surface area contributed by atoms with Gasteiger partial charge in [0.25, 0.3) is 0 Å². The third-order valence-electron chi connectivity index (χ3n) is 6.73. The number of phenols is 2. The summed E-state index contributed by atoms with van der Waals surface area (Å²) in [7, 11) is 0. The number of hydrogen-bond acceptors (Lipinski definition) is 6. The molecular formula is C31H44O6. The molecular weight excluding hydrogens is 468 g/mol. The van der Waals surface area contributed by atoms with Crippen LogP contribution in [0.5, 0.6) is 11.5 Å². The zero-order valence-corrected chi connectivity index (χ0v) is 23.0. The smallest absolute Gasteiger partial charge is 0.342 e. The average Bonchev–Trinajstić information content (AvgIpc) is 2.83. The Labute approximate surface area is 222 Å². The lowest BCUT2D eigenvalue weighted by molar-refractivity contribution is -0.00738. The third kappa shape index (κ3) is 10.1. The third-order valence-corrected chi connectivity index (χ3v) is 6.73. The molecule has 1 fully saturated rings. The van der Waals surface area contributed by atoms with Gasteiger partial charge in [0.2, 0.25) is 0 Å². The Kier molecular flexibility index (Phi) is 12.0. The van der Waals surface area contributed by atoms with Crippen molar-refractivity contribution in [2.24, 2.45) is 11.3 Å². The number of ether oxygens (including phenoxy) is 2. The van der Waals surface area contributed by atoms with Crippen LogP contribution in [0, 0.1) is 11.3 Å². The van der Waals surface area contributed by atoms with Gasteiger partial charge >= 0.3 is 11.9 Å². The van der Waals surface area contributed by atoms with Crippen molar-refractivity contribution < 1.29 is 29.3 Å². The van der Waals surface area contributed by atoms with E-state index >= 15 is 0 Å². The maximum absolute atomic E-state index is 12.1. The maximum Gasteiger partial charge on any atom is 0.342 e. The monoisotopic (exact) mass is 512 g/mol. The number of carbonyl (C=O) groups excluding carboxylic acids is 2. The van der Waals surface area contributed by atoms with E-state index in [1.807, 2.05) is 6.92 Å². The van der Waals surface area contributed by atoms with E-state index in [9.17, 15) is 19.8 Å². The molecule has 0 saturated heterocycles. The molecule has 0 bridgehead atoms. The highest BCUT2D eigenvalue weighted by molar-refractivity contribution is 5.92. The van der Waals surface area contributed by atoms with Gasteiger partial charge in [-0.1, -0.05) is 71.7 Å². The summed E-state index contributed by atoms with van der Waals surface area (Å²) in [6.07, 6.45) is 7.94. The molecule has 1 aliphatic carbocycles. The second-order valence-corrected chi connectivity index (χ2v) is 10.9. The first kappa shape index (κ1) is 30.2. The predicted molar refractivity (Wildman–Crippen MR) is 146 cm³/mol. The van der Waals surface area contributed by atoms with E-state index in [4.69, 9.17) is 9.47 Å². The van der Waals surface area contributed by atoms with Gasteiger partial charge in [-0.2, -0.15) is 0 Å². The molecule has 1 saturated carbocycles. The molecule has 6 nitrogen and oxygen atoms in total. The highest BCUT2D eigenvalue weighted by atomic mass is 16.5. The first-order chi connectivity index (χ1) is 17.6. The van der Waals surface area contributed by atoms with Crippen LogP contribution >= 0.6 is 0 Å². The summed E-state index contributed by atoms with van der Waals surface area (Å²) in [5.41, 5.74) is 0.700. The Bertz CT molecular complexity index is 999. The van der Waals surface area contributed by atoms with Gasteiger partial charge in [-0.3, -0.25) is 0 Å². The van der Waals surface area contributed by atoms with Crippen molar-refractivity contribution in [2.75, 3.05) is 0 Å². The number of carbonyl (C=O) groups is 2. The van der Waals surface area contributed by atoms with E-state index in [-0.39, 0.29) is 40.2 Å². The Morgan fingerprint density at radius 1 is 0.919 bits per heavy atom. The number of unbranched alkanes of at least 4 members (excludes halogenated alkanes) is 2. The lowest BCUT2D eigenvalue weighted by Gasteiger charge is -2.38. The van der Waals surface area contributed by atoms with Crippen molar-refractivity contribution in [3.63, 3.8) is 0 Å². The van der Waals surface area contributed by atoms with E-state index < -0.39 is 11.9 Å². The van der Waals surface area contributed by atoms with Crippen LogP contribution < -0.4 is 0 Å². The van der Waals surface area contributed by atoms with Gasteiger partial charge in [0.1, 0.15) is 34.8 Å². The molecule has 2 aromatic rings. The SMILES string of the molecule is CC1CC(OC(=O)c2ccccc2O)CC(C)(C)C1.CCCCCC(CC)OC(=O)c1ccccc1O. The maximum atomic E-state index is 12.1. The molecule has 3 unspecified atom stereocenters. The highest BCUT2D eigenvalue weighted by Gasteiger charge is 2.34. The van der Waals surface area contributed by atoms with Crippen molar-refractivity contribution in [2.45, 2.75) is 98.2 Å².